The first kappa shape index (κ1) is 16.5. The van der Waals surface area contributed by atoms with E-state index in [2.05, 4.69) is 10.6 Å². The van der Waals surface area contributed by atoms with Crippen LogP contribution in [0, 0.1) is 11.8 Å². The summed E-state index contributed by atoms with van der Waals surface area (Å²) in [4.78, 5) is 23.9. The van der Waals surface area contributed by atoms with Crippen molar-refractivity contribution in [3.8, 4) is 0 Å². The number of ether oxygens (including phenoxy) is 1. The number of nitrogens with one attached hydrogen (secondary N) is 2. The van der Waals surface area contributed by atoms with Crippen LogP contribution in [0.15, 0.2) is 12.2 Å². The van der Waals surface area contributed by atoms with Crippen molar-refractivity contribution < 1.29 is 19.4 Å². The topological polar surface area (TPSA) is 87.7 Å². The van der Waals surface area contributed by atoms with Crippen molar-refractivity contribution in [3.05, 3.63) is 12.2 Å². The monoisotopic (exact) mass is 322 g/mol. The molecular weight excluding hydrogens is 296 g/mol. The molecule has 6 heteroatoms. The van der Waals surface area contributed by atoms with Gasteiger partial charge in [-0.05, 0) is 31.6 Å². The van der Waals surface area contributed by atoms with Crippen molar-refractivity contribution in [2.45, 2.75) is 56.8 Å². The predicted molar refractivity (Wildman–Crippen MR) is 84.5 cm³/mol. The first-order valence-corrected chi connectivity index (χ1v) is 8.67. The highest BCUT2D eigenvalue weighted by Crippen LogP contribution is 2.28. The van der Waals surface area contributed by atoms with Crippen molar-refractivity contribution in [1.29, 1.82) is 0 Å². The molecule has 23 heavy (non-hydrogen) atoms. The van der Waals surface area contributed by atoms with Gasteiger partial charge in [0.1, 0.15) is 6.10 Å². The highest BCUT2D eigenvalue weighted by molar-refractivity contribution is 5.80. The van der Waals surface area contributed by atoms with E-state index in [1.54, 1.807) is 0 Å². The first-order valence-electron chi connectivity index (χ1n) is 8.67. The summed E-state index contributed by atoms with van der Waals surface area (Å²) < 4.78 is 5.76. The molecular formula is C17H26N2O4. The van der Waals surface area contributed by atoms with Crippen LogP contribution in [0.4, 0.5) is 0 Å². The predicted octanol–water partition coefficient (Wildman–Crippen LogP) is 0.503. The first-order chi connectivity index (χ1) is 11.2. The number of carbonyl (C=O) groups excluding carboxylic acids is 2. The van der Waals surface area contributed by atoms with Crippen LogP contribution in [0.1, 0.15) is 38.5 Å². The molecule has 0 aromatic heterocycles. The average molecular weight is 322 g/mol. The maximum absolute atomic E-state index is 12.0. The van der Waals surface area contributed by atoms with Gasteiger partial charge in [0.05, 0.1) is 25.2 Å². The summed E-state index contributed by atoms with van der Waals surface area (Å²) in [6.07, 6.45) is 8.47. The second-order valence-corrected chi connectivity index (χ2v) is 6.89. The van der Waals surface area contributed by atoms with E-state index in [4.69, 9.17) is 4.74 Å². The normalized spacial score (nSPS) is 30.6. The Kier molecular flexibility index (Phi) is 5.33. The van der Waals surface area contributed by atoms with E-state index in [1.807, 2.05) is 12.2 Å². The molecule has 0 saturated heterocycles. The Labute approximate surface area is 136 Å². The second-order valence-electron chi connectivity index (χ2n) is 6.89. The van der Waals surface area contributed by atoms with E-state index in [0.717, 1.165) is 25.8 Å². The van der Waals surface area contributed by atoms with E-state index in [-0.39, 0.29) is 42.9 Å². The van der Waals surface area contributed by atoms with E-state index in [0.29, 0.717) is 5.92 Å². The van der Waals surface area contributed by atoms with Crippen LogP contribution in [0.25, 0.3) is 0 Å². The molecule has 0 spiro atoms. The van der Waals surface area contributed by atoms with Gasteiger partial charge in [-0.2, -0.15) is 0 Å². The number of aliphatic hydroxyl groups excluding tert-OH is 1. The average Bonchev–Trinajstić information content (AvgIpc) is 3.29. The molecule has 1 aliphatic heterocycles. The van der Waals surface area contributed by atoms with Crippen molar-refractivity contribution in [2.75, 3.05) is 13.2 Å². The van der Waals surface area contributed by atoms with E-state index in [1.165, 1.54) is 12.8 Å². The Hall–Kier alpha value is -1.40. The van der Waals surface area contributed by atoms with Gasteiger partial charge in [0, 0.05) is 12.5 Å². The van der Waals surface area contributed by atoms with Gasteiger partial charge in [-0.3, -0.25) is 9.59 Å². The molecule has 0 unspecified atom stereocenters. The Balaban J connectivity index is 1.47. The van der Waals surface area contributed by atoms with Gasteiger partial charge in [-0.15, -0.1) is 0 Å². The lowest BCUT2D eigenvalue weighted by molar-refractivity contribution is -0.131. The van der Waals surface area contributed by atoms with Gasteiger partial charge in [-0.25, -0.2) is 0 Å². The lowest BCUT2D eigenvalue weighted by Crippen LogP contribution is -2.51. The summed E-state index contributed by atoms with van der Waals surface area (Å²) in [6, 6.07) is -0.320. The summed E-state index contributed by atoms with van der Waals surface area (Å²) in [6.45, 7) is 0.568. The summed E-state index contributed by atoms with van der Waals surface area (Å²) in [5.74, 6) is 0.764. The molecule has 2 fully saturated rings. The zero-order chi connectivity index (χ0) is 16.2. The fraction of sp³-hybridized carbons (Fsp3) is 0.765. The van der Waals surface area contributed by atoms with Gasteiger partial charge < -0.3 is 20.5 Å². The van der Waals surface area contributed by atoms with Crippen LogP contribution < -0.4 is 10.6 Å². The number of carbonyl (C=O) groups is 2. The Morgan fingerprint density at radius 1 is 1.17 bits per heavy atom. The van der Waals surface area contributed by atoms with Crippen LogP contribution in [0.5, 0.6) is 0 Å². The fourth-order valence-corrected chi connectivity index (χ4v) is 2.92. The number of rotatable bonds is 7. The lowest BCUT2D eigenvalue weighted by Gasteiger charge is -2.33. The Morgan fingerprint density at radius 2 is 1.96 bits per heavy atom. The van der Waals surface area contributed by atoms with Gasteiger partial charge in [0.2, 0.25) is 11.8 Å². The molecule has 3 aliphatic rings. The van der Waals surface area contributed by atoms with Crippen molar-refractivity contribution in [3.63, 3.8) is 0 Å². The molecule has 2 aliphatic carbocycles. The maximum Gasteiger partial charge on any atom is 0.223 e. The Morgan fingerprint density at radius 3 is 2.57 bits per heavy atom. The lowest BCUT2D eigenvalue weighted by atomic mass is 9.84. The smallest absolute Gasteiger partial charge is 0.223 e. The molecule has 128 valence electrons. The third-order valence-electron chi connectivity index (χ3n) is 4.92. The summed E-state index contributed by atoms with van der Waals surface area (Å²) in [5, 5.41) is 15.4. The molecule has 2 saturated carbocycles. The molecule has 3 N–H and O–H groups in total. The Bertz CT molecular complexity index is 471. The largest absolute Gasteiger partial charge is 0.394 e. The van der Waals surface area contributed by atoms with Crippen molar-refractivity contribution in [2.24, 2.45) is 11.8 Å². The maximum atomic E-state index is 12.0. The zero-order valence-electron chi connectivity index (χ0n) is 13.4. The van der Waals surface area contributed by atoms with Gasteiger partial charge in [0.15, 0.2) is 0 Å². The zero-order valence-corrected chi connectivity index (χ0v) is 13.4. The molecule has 2 amide bonds. The number of amides is 2. The molecule has 0 aromatic carbocycles. The molecule has 3 atom stereocenters. The highest BCUT2D eigenvalue weighted by Gasteiger charge is 2.32. The van der Waals surface area contributed by atoms with Crippen LogP contribution in [0.2, 0.25) is 0 Å². The van der Waals surface area contributed by atoms with E-state index >= 15 is 0 Å². The van der Waals surface area contributed by atoms with Crippen molar-refractivity contribution >= 4 is 11.8 Å². The number of aliphatic hydroxyl groups is 1. The SMILES string of the molecule is O=C(C[C@@H]1C=C[C@@H](NC(=O)C2CCC2)[C@@H](CO)O1)NCC1CC1. The van der Waals surface area contributed by atoms with Gasteiger partial charge in [-0.1, -0.05) is 18.6 Å². The fourth-order valence-electron chi connectivity index (χ4n) is 2.92. The molecule has 6 nitrogen and oxygen atoms in total. The molecule has 1 heterocycles. The summed E-state index contributed by atoms with van der Waals surface area (Å²) in [7, 11) is 0. The molecule has 3 rings (SSSR count). The van der Waals surface area contributed by atoms with Crippen molar-refractivity contribution in [1.82, 2.24) is 10.6 Å². The number of hydrogen-bond donors (Lipinski definition) is 3. The van der Waals surface area contributed by atoms with Crippen LogP contribution >= 0.6 is 0 Å². The standard InChI is InChI=1S/C17H26N2O4/c20-10-15-14(19-17(22)12-2-1-3-12)7-6-13(23-15)8-16(21)18-9-11-4-5-11/h6-7,11-15,20H,1-5,8-10H2,(H,18,21)(H,19,22)/t13-,14+,15+/m0/s1. The minimum absolute atomic E-state index is 0.0276. The van der Waals surface area contributed by atoms with Crippen LogP contribution in [0.3, 0.4) is 0 Å². The van der Waals surface area contributed by atoms with Crippen LogP contribution in [-0.4, -0.2) is 48.3 Å². The molecule has 0 radical (unpaired) electrons. The minimum atomic E-state index is -0.495. The van der Waals surface area contributed by atoms with E-state index < -0.39 is 6.10 Å². The minimum Gasteiger partial charge on any atom is -0.394 e. The highest BCUT2D eigenvalue weighted by atomic mass is 16.5. The van der Waals surface area contributed by atoms with E-state index in [9.17, 15) is 14.7 Å². The summed E-state index contributed by atoms with van der Waals surface area (Å²) in [5.41, 5.74) is 0. The van der Waals surface area contributed by atoms with Crippen LogP contribution in [-0.2, 0) is 14.3 Å². The summed E-state index contributed by atoms with van der Waals surface area (Å²) >= 11 is 0. The third-order valence-corrected chi connectivity index (χ3v) is 4.92. The van der Waals surface area contributed by atoms with Gasteiger partial charge in [0.25, 0.3) is 0 Å². The third kappa shape index (κ3) is 4.54. The van der Waals surface area contributed by atoms with Gasteiger partial charge >= 0.3 is 0 Å². The quantitative estimate of drug-likeness (QED) is 0.596. The molecule has 0 aromatic rings. The second kappa shape index (κ2) is 7.45. The molecule has 0 bridgehead atoms. The number of hydrogen-bond acceptors (Lipinski definition) is 4.